The zero-order chi connectivity index (χ0) is 19.5. The maximum Gasteiger partial charge on any atom is 0.274 e. The van der Waals surface area contributed by atoms with Crippen LogP contribution in [-0.4, -0.2) is 56.8 Å². The zero-order valence-electron chi connectivity index (χ0n) is 17.1. The van der Waals surface area contributed by atoms with Crippen LogP contribution >= 0.6 is 0 Å². The number of carbonyl (C=O) groups excluding carboxylic acids is 1. The number of likely N-dealkylation sites (N-methyl/N-ethyl adjacent to an activating group) is 1. The Kier molecular flexibility index (Phi) is 5.80. The molecule has 7 nitrogen and oxygen atoms in total. The van der Waals surface area contributed by atoms with E-state index in [2.05, 4.69) is 28.7 Å². The molecule has 1 saturated heterocycles. The number of carbonyl (C=O) groups is 1. The van der Waals surface area contributed by atoms with Crippen LogP contribution in [0.15, 0.2) is 16.9 Å². The second kappa shape index (κ2) is 8.47. The lowest BCUT2D eigenvalue weighted by molar-refractivity contribution is 0.0715. The summed E-state index contributed by atoms with van der Waals surface area (Å²) >= 11 is 0. The first-order valence-electron chi connectivity index (χ1n) is 10.6. The Bertz CT molecular complexity index is 792. The van der Waals surface area contributed by atoms with Crippen LogP contribution in [0.25, 0.3) is 0 Å². The molecule has 0 aromatic carbocycles. The van der Waals surface area contributed by atoms with Crippen molar-refractivity contribution in [2.75, 3.05) is 20.1 Å². The quantitative estimate of drug-likeness (QED) is 0.765. The molecule has 3 heterocycles. The molecule has 28 heavy (non-hydrogen) atoms. The molecular weight excluding hydrogens is 354 g/mol. The van der Waals surface area contributed by atoms with Crippen LogP contribution in [0.5, 0.6) is 0 Å². The average molecular weight is 386 g/mol. The number of aryl methyl sites for hydroxylation is 1. The monoisotopic (exact) mass is 385 g/mol. The van der Waals surface area contributed by atoms with E-state index in [1.54, 1.807) is 6.26 Å². The van der Waals surface area contributed by atoms with Crippen molar-refractivity contribution in [3.63, 3.8) is 0 Å². The van der Waals surface area contributed by atoms with Crippen molar-refractivity contribution in [3.8, 4) is 0 Å². The maximum absolute atomic E-state index is 13.2. The highest BCUT2D eigenvalue weighted by Crippen LogP contribution is 2.29. The van der Waals surface area contributed by atoms with E-state index in [0.717, 1.165) is 70.4 Å². The molecule has 2 aromatic heterocycles. The fraction of sp³-hybridized carbons (Fsp3) is 0.667. The van der Waals surface area contributed by atoms with Crippen LogP contribution in [0.4, 0.5) is 0 Å². The molecule has 2 aromatic rings. The molecule has 1 aliphatic carbocycles. The van der Waals surface area contributed by atoms with Gasteiger partial charge in [-0.2, -0.15) is 5.10 Å². The third-order valence-electron chi connectivity index (χ3n) is 6.13. The second-order valence-corrected chi connectivity index (χ2v) is 8.15. The highest BCUT2D eigenvalue weighted by molar-refractivity contribution is 5.94. The van der Waals surface area contributed by atoms with Crippen molar-refractivity contribution in [2.45, 2.75) is 71.0 Å². The van der Waals surface area contributed by atoms with Crippen LogP contribution in [0.3, 0.4) is 0 Å². The number of nitrogens with zero attached hydrogens (tertiary/aromatic N) is 5. The number of rotatable bonds is 6. The smallest absolute Gasteiger partial charge is 0.274 e. The summed E-state index contributed by atoms with van der Waals surface area (Å²) in [5.74, 6) is 0.130. The minimum atomic E-state index is 0.130. The summed E-state index contributed by atoms with van der Waals surface area (Å²) in [5, 5.41) is 8.84. The Morgan fingerprint density at radius 1 is 1.32 bits per heavy atom. The van der Waals surface area contributed by atoms with Crippen molar-refractivity contribution >= 4 is 5.91 Å². The van der Waals surface area contributed by atoms with Crippen molar-refractivity contribution in [3.05, 3.63) is 35.0 Å². The van der Waals surface area contributed by atoms with E-state index in [9.17, 15) is 4.79 Å². The summed E-state index contributed by atoms with van der Waals surface area (Å²) in [5.41, 5.74) is 4.09. The first-order chi connectivity index (χ1) is 13.7. The van der Waals surface area contributed by atoms with E-state index >= 15 is 0 Å². The third kappa shape index (κ3) is 3.85. The SMILES string of the molecule is CCCn1nc(C(=O)N2CCCCC2)c2c1CC[C@@H](N(C)Cc1ccon1)C2. The van der Waals surface area contributed by atoms with Crippen molar-refractivity contribution < 1.29 is 9.32 Å². The third-order valence-corrected chi connectivity index (χ3v) is 6.13. The fourth-order valence-corrected chi connectivity index (χ4v) is 4.56. The highest BCUT2D eigenvalue weighted by Gasteiger charge is 2.32. The summed E-state index contributed by atoms with van der Waals surface area (Å²) in [6, 6.07) is 2.30. The number of piperidine rings is 1. The molecule has 152 valence electrons. The summed E-state index contributed by atoms with van der Waals surface area (Å²) in [6.07, 6.45) is 9.01. The van der Waals surface area contributed by atoms with Gasteiger partial charge in [-0.1, -0.05) is 12.1 Å². The second-order valence-electron chi connectivity index (χ2n) is 8.15. The molecule has 0 bridgehead atoms. The lowest BCUT2D eigenvalue weighted by atomic mass is 9.90. The summed E-state index contributed by atoms with van der Waals surface area (Å²) < 4.78 is 7.06. The maximum atomic E-state index is 13.2. The van der Waals surface area contributed by atoms with Crippen molar-refractivity contribution in [1.82, 2.24) is 24.7 Å². The van der Waals surface area contributed by atoms with E-state index in [-0.39, 0.29) is 5.91 Å². The number of amides is 1. The Balaban J connectivity index is 1.56. The van der Waals surface area contributed by atoms with Gasteiger partial charge in [0.25, 0.3) is 5.91 Å². The number of hydrogen-bond donors (Lipinski definition) is 0. The van der Waals surface area contributed by atoms with Crippen molar-refractivity contribution in [2.24, 2.45) is 0 Å². The Morgan fingerprint density at radius 2 is 2.14 bits per heavy atom. The van der Waals surface area contributed by atoms with Gasteiger partial charge in [0.15, 0.2) is 5.69 Å². The Labute approximate surface area is 166 Å². The predicted molar refractivity (Wildman–Crippen MR) is 106 cm³/mol. The van der Waals surface area contributed by atoms with Gasteiger partial charge in [0.1, 0.15) is 6.26 Å². The van der Waals surface area contributed by atoms with E-state index < -0.39 is 0 Å². The number of hydrogen-bond acceptors (Lipinski definition) is 5. The van der Waals surface area contributed by atoms with Gasteiger partial charge in [-0.25, -0.2) is 0 Å². The molecule has 0 N–H and O–H groups in total. The van der Waals surface area contributed by atoms with Crippen LogP contribution in [-0.2, 0) is 25.9 Å². The predicted octanol–water partition coefficient (Wildman–Crippen LogP) is 2.90. The number of fused-ring (bicyclic) bond motifs is 1. The lowest BCUT2D eigenvalue weighted by Gasteiger charge is -2.31. The van der Waals surface area contributed by atoms with Crippen LogP contribution in [0.2, 0.25) is 0 Å². The first kappa shape index (κ1) is 19.2. The average Bonchev–Trinajstić information content (AvgIpc) is 3.36. The van der Waals surface area contributed by atoms with Gasteiger partial charge in [-0.3, -0.25) is 14.4 Å². The van der Waals surface area contributed by atoms with Crippen LogP contribution in [0, 0.1) is 0 Å². The fourth-order valence-electron chi connectivity index (χ4n) is 4.56. The van der Waals surface area contributed by atoms with E-state index in [1.165, 1.54) is 17.7 Å². The topological polar surface area (TPSA) is 67.4 Å². The van der Waals surface area contributed by atoms with Gasteiger partial charge in [0.2, 0.25) is 0 Å². The first-order valence-corrected chi connectivity index (χ1v) is 10.6. The zero-order valence-corrected chi connectivity index (χ0v) is 17.1. The minimum Gasteiger partial charge on any atom is -0.364 e. The molecule has 1 fully saturated rings. The van der Waals surface area contributed by atoms with Crippen LogP contribution < -0.4 is 0 Å². The molecule has 7 heteroatoms. The number of likely N-dealkylation sites (tertiary alicyclic amines) is 1. The highest BCUT2D eigenvalue weighted by atomic mass is 16.5. The molecule has 0 radical (unpaired) electrons. The standard InChI is InChI=1S/C21H31N5O2/c1-3-10-26-19-8-7-17(24(2)15-16-9-13-28-23-16)14-18(19)20(22-26)21(27)25-11-5-4-6-12-25/h9,13,17H,3-8,10-12,14-15H2,1-2H3/t17-/m1/s1. The van der Waals surface area contributed by atoms with Gasteiger partial charge in [0, 0.05) is 49.5 Å². The summed E-state index contributed by atoms with van der Waals surface area (Å²) in [7, 11) is 2.13. The van der Waals surface area contributed by atoms with Gasteiger partial charge >= 0.3 is 0 Å². The molecule has 1 atom stereocenters. The Hall–Kier alpha value is -2.15. The summed E-state index contributed by atoms with van der Waals surface area (Å²) in [6.45, 7) is 5.54. The van der Waals surface area contributed by atoms with Gasteiger partial charge in [0.05, 0.1) is 5.69 Å². The van der Waals surface area contributed by atoms with E-state index in [1.807, 2.05) is 11.0 Å². The minimum absolute atomic E-state index is 0.130. The molecule has 1 amide bonds. The molecule has 1 aliphatic heterocycles. The lowest BCUT2D eigenvalue weighted by Crippen LogP contribution is -2.38. The largest absolute Gasteiger partial charge is 0.364 e. The van der Waals surface area contributed by atoms with Crippen molar-refractivity contribution in [1.29, 1.82) is 0 Å². The molecular formula is C21H31N5O2. The summed E-state index contributed by atoms with van der Waals surface area (Å²) in [4.78, 5) is 17.6. The van der Waals surface area contributed by atoms with Gasteiger partial charge in [-0.05, 0) is 52.0 Å². The normalized spacial score (nSPS) is 19.8. The van der Waals surface area contributed by atoms with E-state index in [4.69, 9.17) is 9.62 Å². The number of aromatic nitrogens is 3. The van der Waals surface area contributed by atoms with Gasteiger partial charge < -0.3 is 9.42 Å². The molecule has 2 aliphatic rings. The molecule has 0 saturated carbocycles. The van der Waals surface area contributed by atoms with Crippen LogP contribution in [0.1, 0.15) is 66.5 Å². The molecule has 4 rings (SSSR count). The molecule has 0 spiro atoms. The molecule has 0 unspecified atom stereocenters. The Morgan fingerprint density at radius 3 is 2.86 bits per heavy atom. The van der Waals surface area contributed by atoms with Gasteiger partial charge in [-0.15, -0.1) is 0 Å². The van der Waals surface area contributed by atoms with E-state index in [0.29, 0.717) is 11.7 Å².